The van der Waals surface area contributed by atoms with Crippen LogP contribution in [0.4, 0.5) is 5.69 Å². The van der Waals surface area contributed by atoms with Crippen LogP contribution in [0.3, 0.4) is 0 Å². The summed E-state index contributed by atoms with van der Waals surface area (Å²) in [7, 11) is 0. The summed E-state index contributed by atoms with van der Waals surface area (Å²) >= 11 is 0. The summed E-state index contributed by atoms with van der Waals surface area (Å²) in [5.74, 6) is 0.420. The summed E-state index contributed by atoms with van der Waals surface area (Å²) in [6, 6.07) is 7.85. The fraction of sp³-hybridized carbons (Fsp3) is 0.333. The third kappa shape index (κ3) is 2.67. The van der Waals surface area contributed by atoms with E-state index < -0.39 is 0 Å². The highest BCUT2D eigenvalue weighted by molar-refractivity contribution is 6.03. The van der Waals surface area contributed by atoms with Crippen LogP contribution in [0, 0.1) is 13.8 Å². The van der Waals surface area contributed by atoms with Gasteiger partial charge < -0.3 is 5.32 Å². The molecule has 0 unspecified atom stereocenters. The standard InChI is InChI=1S/C15H17N3O/c1-9-5-10(2)7-12(6-9)16-15(19)14-8-13(17-18-14)11-3-4-11/h5-8,11H,3-4H2,1-2H3,(H,16,19)(H,17,18). The van der Waals surface area contributed by atoms with E-state index in [4.69, 9.17) is 0 Å². The van der Waals surface area contributed by atoms with Crippen molar-refractivity contribution in [2.24, 2.45) is 0 Å². The van der Waals surface area contributed by atoms with Gasteiger partial charge in [-0.05, 0) is 56.0 Å². The number of aromatic amines is 1. The fourth-order valence-electron chi connectivity index (χ4n) is 2.30. The zero-order chi connectivity index (χ0) is 13.4. The molecule has 3 rings (SSSR count). The van der Waals surface area contributed by atoms with E-state index in [9.17, 15) is 4.79 Å². The van der Waals surface area contributed by atoms with E-state index in [-0.39, 0.29) is 5.91 Å². The number of aromatic nitrogens is 2. The molecule has 98 valence electrons. The summed E-state index contributed by atoms with van der Waals surface area (Å²) < 4.78 is 0. The van der Waals surface area contributed by atoms with Crippen molar-refractivity contribution in [1.82, 2.24) is 10.2 Å². The lowest BCUT2D eigenvalue weighted by Crippen LogP contribution is -2.12. The molecule has 1 aliphatic carbocycles. The van der Waals surface area contributed by atoms with Gasteiger partial charge in [-0.25, -0.2) is 0 Å². The van der Waals surface area contributed by atoms with Gasteiger partial charge in [0.2, 0.25) is 0 Å². The zero-order valence-electron chi connectivity index (χ0n) is 11.2. The molecule has 1 amide bonds. The predicted molar refractivity (Wildman–Crippen MR) is 74.4 cm³/mol. The molecule has 0 atom stereocenters. The average molecular weight is 255 g/mol. The molecule has 0 aliphatic heterocycles. The van der Waals surface area contributed by atoms with Gasteiger partial charge in [-0.2, -0.15) is 5.10 Å². The van der Waals surface area contributed by atoms with Crippen LogP contribution in [0.1, 0.15) is 46.1 Å². The van der Waals surface area contributed by atoms with Crippen molar-refractivity contribution in [2.45, 2.75) is 32.6 Å². The second-order valence-electron chi connectivity index (χ2n) is 5.31. The number of carbonyl (C=O) groups is 1. The second-order valence-corrected chi connectivity index (χ2v) is 5.31. The molecule has 2 aromatic rings. The average Bonchev–Trinajstić information content (AvgIpc) is 3.05. The Labute approximate surface area is 112 Å². The van der Waals surface area contributed by atoms with Crippen molar-refractivity contribution in [3.8, 4) is 0 Å². The van der Waals surface area contributed by atoms with Gasteiger partial charge in [0.15, 0.2) is 5.69 Å². The Morgan fingerprint density at radius 3 is 2.53 bits per heavy atom. The summed E-state index contributed by atoms with van der Waals surface area (Å²) in [5, 5.41) is 9.92. The second kappa shape index (κ2) is 4.53. The number of anilines is 1. The van der Waals surface area contributed by atoms with Crippen LogP contribution >= 0.6 is 0 Å². The van der Waals surface area contributed by atoms with Crippen molar-refractivity contribution >= 4 is 11.6 Å². The van der Waals surface area contributed by atoms with E-state index >= 15 is 0 Å². The molecule has 4 heteroatoms. The third-order valence-corrected chi connectivity index (χ3v) is 3.33. The smallest absolute Gasteiger partial charge is 0.276 e. The van der Waals surface area contributed by atoms with Crippen molar-refractivity contribution in [3.63, 3.8) is 0 Å². The number of nitrogens with one attached hydrogen (secondary N) is 2. The Morgan fingerprint density at radius 1 is 1.21 bits per heavy atom. The highest BCUT2D eigenvalue weighted by atomic mass is 16.1. The summed E-state index contributed by atoms with van der Waals surface area (Å²) in [6.45, 7) is 4.03. The van der Waals surface area contributed by atoms with E-state index in [0.29, 0.717) is 11.6 Å². The van der Waals surface area contributed by atoms with Gasteiger partial charge in [0.1, 0.15) is 0 Å². The van der Waals surface area contributed by atoms with Crippen LogP contribution < -0.4 is 5.32 Å². The lowest BCUT2D eigenvalue weighted by molar-refractivity contribution is 0.102. The van der Waals surface area contributed by atoms with E-state index in [1.54, 1.807) is 0 Å². The number of H-pyrrole nitrogens is 1. The van der Waals surface area contributed by atoms with E-state index in [2.05, 4.69) is 21.6 Å². The maximum Gasteiger partial charge on any atom is 0.276 e. The third-order valence-electron chi connectivity index (χ3n) is 3.33. The first kappa shape index (κ1) is 12.0. The molecule has 1 saturated carbocycles. The first-order valence-corrected chi connectivity index (χ1v) is 6.57. The van der Waals surface area contributed by atoms with Crippen molar-refractivity contribution in [3.05, 3.63) is 46.8 Å². The SMILES string of the molecule is Cc1cc(C)cc(NC(=O)c2cc(C3CC3)[nH]n2)c1. The minimum Gasteiger partial charge on any atom is -0.321 e. The molecule has 0 spiro atoms. The number of nitrogens with zero attached hydrogens (tertiary/aromatic N) is 1. The number of hydrogen-bond acceptors (Lipinski definition) is 2. The van der Waals surface area contributed by atoms with Gasteiger partial charge in [-0.1, -0.05) is 6.07 Å². The molecular weight excluding hydrogens is 238 g/mol. The van der Waals surface area contributed by atoms with Crippen LogP contribution in [0.5, 0.6) is 0 Å². The molecule has 0 bridgehead atoms. The van der Waals surface area contributed by atoms with E-state index in [1.807, 2.05) is 32.0 Å². The molecular formula is C15H17N3O. The molecule has 1 heterocycles. The first-order chi connectivity index (χ1) is 9.11. The molecule has 19 heavy (non-hydrogen) atoms. The molecule has 1 aromatic carbocycles. The fourth-order valence-corrected chi connectivity index (χ4v) is 2.30. The quantitative estimate of drug-likeness (QED) is 0.885. The highest BCUT2D eigenvalue weighted by Gasteiger charge is 2.26. The predicted octanol–water partition coefficient (Wildman–Crippen LogP) is 3.16. The topological polar surface area (TPSA) is 57.8 Å². The van der Waals surface area contributed by atoms with Gasteiger partial charge in [0.05, 0.1) is 0 Å². The number of benzene rings is 1. The van der Waals surface area contributed by atoms with Gasteiger partial charge in [-0.15, -0.1) is 0 Å². The molecule has 1 aliphatic rings. The first-order valence-electron chi connectivity index (χ1n) is 6.57. The molecule has 0 radical (unpaired) electrons. The van der Waals surface area contributed by atoms with Gasteiger partial charge in [0.25, 0.3) is 5.91 Å². The van der Waals surface area contributed by atoms with Crippen molar-refractivity contribution in [1.29, 1.82) is 0 Å². The molecule has 2 N–H and O–H groups in total. The maximum absolute atomic E-state index is 12.1. The Bertz CT molecular complexity index is 606. The molecule has 4 nitrogen and oxygen atoms in total. The normalized spacial score (nSPS) is 14.4. The largest absolute Gasteiger partial charge is 0.321 e. The zero-order valence-corrected chi connectivity index (χ0v) is 11.2. The van der Waals surface area contributed by atoms with Gasteiger partial charge in [0, 0.05) is 17.3 Å². The Morgan fingerprint density at radius 2 is 1.89 bits per heavy atom. The highest BCUT2D eigenvalue weighted by Crippen LogP contribution is 2.39. The van der Waals surface area contributed by atoms with Gasteiger partial charge in [-0.3, -0.25) is 9.89 Å². The van der Waals surface area contributed by atoms with Crippen LogP contribution in [0.15, 0.2) is 24.3 Å². The van der Waals surface area contributed by atoms with Crippen LogP contribution in [0.2, 0.25) is 0 Å². The number of carbonyl (C=O) groups excluding carboxylic acids is 1. The van der Waals surface area contributed by atoms with Crippen molar-refractivity contribution < 1.29 is 4.79 Å². The van der Waals surface area contributed by atoms with E-state index in [0.717, 1.165) is 22.5 Å². The number of amides is 1. The van der Waals surface area contributed by atoms with E-state index in [1.165, 1.54) is 12.8 Å². The number of aryl methyl sites for hydroxylation is 2. The van der Waals surface area contributed by atoms with Crippen LogP contribution in [-0.4, -0.2) is 16.1 Å². The number of rotatable bonds is 3. The summed E-state index contributed by atoms with van der Waals surface area (Å²) in [6.07, 6.45) is 2.39. The van der Waals surface area contributed by atoms with Crippen LogP contribution in [0.25, 0.3) is 0 Å². The Hall–Kier alpha value is -2.10. The van der Waals surface area contributed by atoms with Crippen LogP contribution in [-0.2, 0) is 0 Å². The van der Waals surface area contributed by atoms with Crippen molar-refractivity contribution in [2.75, 3.05) is 5.32 Å². The molecule has 0 saturated heterocycles. The lowest BCUT2D eigenvalue weighted by Gasteiger charge is -2.05. The number of hydrogen-bond donors (Lipinski definition) is 2. The van der Waals surface area contributed by atoms with Gasteiger partial charge >= 0.3 is 0 Å². The lowest BCUT2D eigenvalue weighted by atomic mass is 10.1. The summed E-state index contributed by atoms with van der Waals surface area (Å²) in [5.41, 5.74) is 4.62. The summed E-state index contributed by atoms with van der Waals surface area (Å²) in [4.78, 5) is 12.1. The Kier molecular flexibility index (Phi) is 2.85. The molecule has 1 aromatic heterocycles. The Balaban J connectivity index is 1.75. The monoisotopic (exact) mass is 255 g/mol. The molecule has 1 fully saturated rings. The minimum atomic E-state index is -0.159. The maximum atomic E-state index is 12.1. The minimum absolute atomic E-state index is 0.159.